The van der Waals surface area contributed by atoms with E-state index in [0.717, 1.165) is 51.9 Å². The zero-order valence-corrected chi connectivity index (χ0v) is 16.4. The lowest BCUT2D eigenvalue weighted by atomic mass is 9.93. The van der Waals surface area contributed by atoms with Crippen molar-refractivity contribution in [2.24, 2.45) is 5.92 Å². The van der Waals surface area contributed by atoms with Crippen molar-refractivity contribution < 1.29 is 13.2 Å². The van der Waals surface area contributed by atoms with E-state index in [9.17, 15) is 13.2 Å². The van der Waals surface area contributed by atoms with E-state index in [1.54, 1.807) is 4.90 Å². The van der Waals surface area contributed by atoms with Crippen LogP contribution in [-0.2, 0) is 0 Å². The molecule has 0 atom stereocenters. The van der Waals surface area contributed by atoms with Crippen LogP contribution >= 0.6 is 0 Å². The van der Waals surface area contributed by atoms with Gasteiger partial charge in [0.05, 0.1) is 6.54 Å². The average Bonchev–Trinajstić information content (AvgIpc) is 2.53. The SMILES string of the molecule is CC(C)N1CCC(CN(CC(F)(F)F)C2CCN(C(C)C)CC2)CC1. The van der Waals surface area contributed by atoms with E-state index >= 15 is 0 Å². The third-order valence-corrected chi connectivity index (χ3v) is 6.00. The zero-order valence-electron chi connectivity index (χ0n) is 16.4. The van der Waals surface area contributed by atoms with Crippen molar-refractivity contribution in [3.63, 3.8) is 0 Å². The lowest BCUT2D eigenvalue weighted by Crippen LogP contribution is -2.51. The van der Waals surface area contributed by atoms with Crippen LogP contribution in [0.3, 0.4) is 0 Å². The zero-order chi connectivity index (χ0) is 18.6. The minimum Gasteiger partial charge on any atom is -0.301 e. The molecule has 0 N–H and O–H groups in total. The van der Waals surface area contributed by atoms with Crippen LogP contribution in [0.25, 0.3) is 0 Å². The highest BCUT2D eigenvalue weighted by Crippen LogP contribution is 2.27. The summed E-state index contributed by atoms with van der Waals surface area (Å²) >= 11 is 0. The summed E-state index contributed by atoms with van der Waals surface area (Å²) < 4.78 is 39.4. The van der Waals surface area contributed by atoms with Gasteiger partial charge in [-0.15, -0.1) is 0 Å². The highest BCUT2D eigenvalue weighted by atomic mass is 19.4. The summed E-state index contributed by atoms with van der Waals surface area (Å²) in [5.41, 5.74) is 0. The summed E-state index contributed by atoms with van der Waals surface area (Å²) in [6.45, 7) is 12.5. The summed E-state index contributed by atoms with van der Waals surface area (Å²) in [5.74, 6) is 0.403. The molecule has 0 amide bonds. The van der Waals surface area contributed by atoms with Gasteiger partial charge in [-0.05, 0) is 85.5 Å². The number of nitrogens with zero attached hydrogens (tertiary/aromatic N) is 3. The van der Waals surface area contributed by atoms with E-state index in [1.807, 2.05) is 0 Å². The van der Waals surface area contributed by atoms with Gasteiger partial charge in [0.2, 0.25) is 0 Å². The second-order valence-electron chi connectivity index (χ2n) is 8.48. The van der Waals surface area contributed by atoms with Gasteiger partial charge in [-0.3, -0.25) is 4.90 Å². The van der Waals surface area contributed by atoms with Crippen LogP contribution in [0, 0.1) is 5.92 Å². The summed E-state index contributed by atoms with van der Waals surface area (Å²) in [5, 5.41) is 0. The molecule has 148 valence electrons. The lowest BCUT2D eigenvalue weighted by molar-refractivity contribution is -0.155. The Balaban J connectivity index is 1.91. The molecule has 0 radical (unpaired) electrons. The van der Waals surface area contributed by atoms with Crippen LogP contribution in [0.15, 0.2) is 0 Å². The first-order valence-corrected chi connectivity index (χ1v) is 9.94. The normalized spacial score (nSPS) is 23.3. The van der Waals surface area contributed by atoms with Crippen molar-refractivity contribution in [2.45, 2.75) is 77.7 Å². The molecular formula is C19H36F3N3. The predicted molar refractivity (Wildman–Crippen MR) is 96.8 cm³/mol. The van der Waals surface area contributed by atoms with Crippen LogP contribution in [0.4, 0.5) is 13.2 Å². The number of alkyl halides is 3. The molecule has 2 aliphatic heterocycles. The molecule has 0 saturated carbocycles. The molecule has 0 unspecified atom stereocenters. The van der Waals surface area contributed by atoms with Crippen LogP contribution in [0.2, 0.25) is 0 Å². The van der Waals surface area contributed by atoms with Gasteiger partial charge in [-0.25, -0.2) is 0 Å². The number of likely N-dealkylation sites (tertiary alicyclic amines) is 2. The first-order chi connectivity index (χ1) is 11.7. The first-order valence-electron chi connectivity index (χ1n) is 9.94. The predicted octanol–water partition coefficient (Wildman–Crippen LogP) is 3.84. The standard InChI is InChI=1S/C19H36F3N3/c1-15(2)23-9-5-17(6-10-23)13-25(14-19(20,21)22)18-7-11-24(12-8-18)16(3)4/h15-18H,5-14H2,1-4H3. The van der Waals surface area contributed by atoms with Crippen LogP contribution in [0.5, 0.6) is 0 Å². The van der Waals surface area contributed by atoms with Crippen molar-refractivity contribution in [3.05, 3.63) is 0 Å². The van der Waals surface area contributed by atoms with Gasteiger partial charge in [0, 0.05) is 24.7 Å². The van der Waals surface area contributed by atoms with E-state index in [0.29, 0.717) is 24.5 Å². The molecule has 2 fully saturated rings. The number of halogens is 3. The van der Waals surface area contributed by atoms with Crippen molar-refractivity contribution >= 4 is 0 Å². The Morgan fingerprint density at radius 1 is 0.840 bits per heavy atom. The summed E-state index contributed by atoms with van der Waals surface area (Å²) in [6.07, 6.45) is -0.333. The lowest BCUT2D eigenvalue weighted by Gasteiger charge is -2.43. The van der Waals surface area contributed by atoms with Gasteiger partial charge in [-0.1, -0.05) is 0 Å². The van der Waals surface area contributed by atoms with Crippen LogP contribution in [-0.4, -0.2) is 78.3 Å². The molecule has 6 heteroatoms. The second kappa shape index (κ2) is 9.05. The second-order valence-corrected chi connectivity index (χ2v) is 8.48. The molecule has 2 rings (SSSR count). The highest BCUT2D eigenvalue weighted by molar-refractivity contribution is 4.85. The summed E-state index contributed by atoms with van der Waals surface area (Å²) in [4.78, 5) is 6.57. The van der Waals surface area contributed by atoms with Gasteiger partial charge in [0.1, 0.15) is 0 Å². The van der Waals surface area contributed by atoms with Crippen LogP contribution in [0.1, 0.15) is 53.4 Å². The Labute approximate surface area is 151 Å². The Bertz CT molecular complexity index is 382. The minimum absolute atomic E-state index is 0.0831. The maximum Gasteiger partial charge on any atom is 0.401 e. The fourth-order valence-corrected chi connectivity index (χ4v) is 4.32. The molecule has 2 saturated heterocycles. The third-order valence-electron chi connectivity index (χ3n) is 6.00. The number of hydrogen-bond acceptors (Lipinski definition) is 3. The molecule has 3 nitrogen and oxygen atoms in total. The van der Waals surface area contributed by atoms with Crippen molar-refractivity contribution in [1.29, 1.82) is 0 Å². The minimum atomic E-state index is -4.10. The van der Waals surface area contributed by atoms with Gasteiger partial charge < -0.3 is 9.80 Å². The molecule has 0 aliphatic carbocycles. The van der Waals surface area contributed by atoms with E-state index in [1.165, 1.54) is 0 Å². The molecule has 0 spiro atoms. The third kappa shape index (κ3) is 6.72. The quantitative estimate of drug-likeness (QED) is 0.710. The number of hydrogen-bond donors (Lipinski definition) is 0. The fraction of sp³-hybridized carbons (Fsp3) is 1.00. The van der Waals surface area contributed by atoms with Crippen molar-refractivity contribution in [2.75, 3.05) is 39.3 Å². The van der Waals surface area contributed by atoms with E-state index in [-0.39, 0.29) is 6.04 Å². The molecule has 0 aromatic carbocycles. The van der Waals surface area contributed by atoms with Crippen molar-refractivity contribution in [3.8, 4) is 0 Å². The number of rotatable bonds is 6. The molecule has 0 aromatic heterocycles. The highest BCUT2D eigenvalue weighted by Gasteiger charge is 2.36. The van der Waals surface area contributed by atoms with E-state index in [2.05, 4.69) is 37.5 Å². The first kappa shape index (κ1) is 21.0. The summed E-state index contributed by atoms with van der Waals surface area (Å²) in [6, 6.07) is 1.10. The molecule has 0 bridgehead atoms. The Hall–Kier alpha value is -0.330. The average molecular weight is 364 g/mol. The van der Waals surface area contributed by atoms with Gasteiger partial charge in [0.15, 0.2) is 0 Å². The molecule has 0 aromatic rings. The molecule has 2 aliphatic rings. The Kier molecular flexibility index (Phi) is 7.59. The monoisotopic (exact) mass is 363 g/mol. The van der Waals surface area contributed by atoms with Crippen molar-refractivity contribution in [1.82, 2.24) is 14.7 Å². The van der Waals surface area contributed by atoms with Gasteiger partial charge in [0.25, 0.3) is 0 Å². The Morgan fingerprint density at radius 3 is 1.68 bits per heavy atom. The van der Waals surface area contributed by atoms with E-state index < -0.39 is 12.7 Å². The maximum atomic E-state index is 13.1. The van der Waals surface area contributed by atoms with Gasteiger partial charge >= 0.3 is 6.18 Å². The Morgan fingerprint density at radius 2 is 1.28 bits per heavy atom. The largest absolute Gasteiger partial charge is 0.401 e. The maximum absolute atomic E-state index is 13.1. The molecule has 25 heavy (non-hydrogen) atoms. The number of piperidine rings is 2. The smallest absolute Gasteiger partial charge is 0.301 e. The van der Waals surface area contributed by atoms with Gasteiger partial charge in [-0.2, -0.15) is 13.2 Å². The van der Waals surface area contributed by atoms with E-state index in [4.69, 9.17) is 0 Å². The molecular weight excluding hydrogens is 327 g/mol. The van der Waals surface area contributed by atoms with Crippen LogP contribution < -0.4 is 0 Å². The summed E-state index contributed by atoms with van der Waals surface area (Å²) in [7, 11) is 0. The topological polar surface area (TPSA) is 9.72 Å². The molecule has 2 heterocycles. The fourth-order valence-electron chi connectivity index (χ4n) is 4.32.